The smallest absolute Gasteiger partial charge is 0.245 e. The highest BCUT2D eigenvalue weighted by molar-refractivity contribution is 7.89. The third kappa shape index (κ3) is 2.36. The number of nitrogens with zero attached hydrogens (tertiary/aromatic N) is 2. The van der Waals surface area contributed by atoms with Crippen LogP contribution in [-0.2, 0) is 16.6 Å². The Kier molecular flexibility index (Phi) is 3.46. The molecule has 23 heavy (non-hydrogen) atoms. The number of hydrogen-bond acceptors (Lipinski definition) is 5. The lowest BCUT2D eigenvalue weighted by atomic mass is 9.98. The molecule has 0 aliphatic carbocycles. The lowest BCUT2D eigenvalue weighted by Crippen LogP contribution is -2.40. The summed E-state index contributed by atoms with van der Waals surface area (Å²) in [4.78, 5) is 4.48. The zero-order chi connectivity index (χ0) is 16.0. The van der Waals surface area contributed by atoms with Crippen LogP contribution in [0.3, 0.4) is 0 Å². The maximum atomic E-state index is 13.1. The monoisotopic (exact) mass is 345 g/mol. The number of hydrogen-bond donors (Lipinski definition) is 1. The van der Waals surface area contributed by atoms with Crippen LogP contribution in [0.2, 0.25) is 0 Å². The molecule has 0 saturated heterocycles. The van der Waals surface area contributed by atoms with Gasteiger partial charge in [-0.05, 0) is 23.3 Å². The van der Waals surface area contributed by atoms with Gasteiger partial charge in [-0.25, -0.2) is 13.4 Å². The second kappa shape index (κ2) is 5.38. The van der Waals surface area contributed by atoms with Gasteiger partial charge in [0.25, 0.3) is 0 Å². The van der Waals surface area contributed by atoms with Gasteiger partial charge in [0.05, 0.1) is 10.2 Å². The fourth-order valence-corrected chi connectivity index (χ4v) is 5.37. The van der Waals surface area contributed by atoms with Gasteiger partial charge in [0, 0.05) is 19.1 Å². The highest BCUT2D eigenvalue weighted by atomic mass is 32.2. The van der Waals surface area contributed by atoms with E-state index in [1.165, 1.54) is 15.6 Å². The Labute approximate surface area is 138 Å². The van der Waals surface area contributed by atoms with E-state index in [4.69, 9.17) is 5.73 Å². The van der Waals surface area contributed by atoms with Gasteiger partial charge in [-0.15, -0.1) is 11.3 Å². The molecule has 1 aliphatic heterocycles. The predicted octanol–water partition coefficient (Wildman–Crippen LogP) is 2.50. The normalized spacial score (nSPS) is 18.9. The number of fused-ring (bicyclic) bond motifs is 2. The standard InChI is InChI=1S/C16H15N3O2S2/c17-13-9-19(8-11-4-1-2-5-12(11)13)23(20,21)15-7-3-6-14-16(15)18-10-22-14/h1-7,10,13H,8-9,17H2. The van der Waals surface area contributed by atoms with E-state index >= 15 is 0 Å². The minimum absolute atomic E-state index is 0.253. The van der Waals surface area contributed by atoms with Crippen LogP contribution in [-0.4, -0.2) is 24.3 Å². The van der Waals surface area contributed by atoms with Gasteiger partial charge < -0.3 is 5.73 Å². The highest BCUT2D eigenvalue weighted by Gasteiger charge is 2.33. The molecule has 2 heterocycles. The lowest BCUT2D eigenvalue weighted by molar-refractivity contribution is 0.358. The number of aromatic nitrogens is 1. The number of benzene rings is 2. The summed E-state index contributed by atoms with van der Waals surface area (Å²) in [7, 11) is -3.64. The Hall–Kier alpha value is -1.80. The Morgan fingerprint density at radius 2 is 2.00 bits per heavy atom. The Balaban J connectivity index is 1.80. The van der Waals surface area contributed by atoms with Crippen LogP contribution in [0.1, 0.15) is 17.2 Å². The third-order valence-electron chi connectivity index (χ3n) is 4.14. The molecule has 1 aromatic heterocycles. The van der Waals surface area contributed by atoms with Crippen LogP contribution in [0.25, 0.3) is 10.2 Å². The number of nitrogens with two attached hydrogens (primary N) is 1. The second-order valence-electron chi connectivity index (χ2n) is 5.56. The second-order valence-corrected chi connectivity index (χ2v) is 8.35. The molecular weight excluding hydrogens is 330 g/mol. The maximum absolute atomic E-state index is 13.1. The average molecular weight is 345 g/mol. The quantitative estimate of drug-likeness (QED) is 0.774. The van der Waals surface area contributed by atoms with Crippen LogP contribution >= 0.6 is 11.3 Å². The first-order valence-electron chi connectivity index (χ1n) is 7.23. The van der Waals surface area contributed by atoms with Crippen LogP contribution in [0, 0.1) is 0 Å². The summed E-state index contributed by atoms with van der Waals surface area (Å²) in [6.07, 6.45) is 0. The molecule has 0 spiro atoms. The lowest BCUT2D eigenvalue weighted by Gasteiger charge is -2.32. The summed E-state index contributed by atoms with van der Waals surface area (Å²) >= 11 is 1.43. The molecule has 7 heteroatoms. The summed E-state index contributed by atoms with van der Waals surface area (Å²) < 4.78 is 28.5. The molecule has 3 aromatic rings. The molecule has 1 unspecified atom stereocenters. The first-order valence-corrected chi connectivity index (χ1v) is 9.55. The van der Waals surface area contributed by atoms with Crippen LogP contribution in [0.4, 0.5) is 0 Å². The van der Waals surface area contributed by atoms with E-state index in [-0.39, 0.29) is 17.5 Å². The minimum Gasteiger partial charge on any atom is -0.323 e. The van der Waals surface area contributed by atoms with Crippen molar-refractivity contribution in [2.45, 2.75) is 17.5 Å². The van der Waals surface area contributed by atoms with Crippen molar-refractivity contribution in [3.8, 4) is 0 Å². The van der Waals surface area contributed by atoms with Crippen molar-refractivity contribution in [3.63, 3.8) is 0 Å². The Morgan fingerprint density at radius 3 is 2.87 bits per heavy atom. The van der Waals surface area contributed by atoms with Crippen molar-refractivity contribution >= 4 is 31.6 Å². The van der Waals surface area contributed by atoms with E-state index in [0.717, 1.165) is 15.8 Å². The fraction of sp³-hybridized carbons (Fsp3) is 0.188. The summed E-state index contributed by atoms with van der Waals surface area (Å²) in [5.41, 5.74) is 10.4. The number of rotatable bonds is 2. The van der Waals surface area contributed by atoms with E-state index in [9.17, 15) is 8.42 Å². The van der Waals surface area contributed by atoms with Crippen molar-refractivity contribution in [2.75, 3.05) is 6.54 Å². The average Bonchev–Trinajstić information content (AvgIpc) is 3.03. The fourth-order valence-electron chi connectivity index (χ4n) is 3.00. The SMILES string of the molecule is NC1CN(S(=O)(=O)c2cccc3scnc23)Cc2ccccc21. The Morgan fingerprint density at radius 1 is 1.17 bits per heavy atom. The van der Waals surface area contributed by atoms with Gasteiger partial charge in [0.1, 0.15) is 10.4 Å². The van der Waals surface area contributed by atoms with Crippen molar-refractivity contribution in [2.24, 2.45) is 5.73 Å². The molecule has 1 atom stereocenters. The van der Waals surface area contributed by atoms with Gasteiger partial charge in [-0.3, -0.25) is 0 Å². The predicted molar refractivity (Wildman–Crippen MR) is 90.6 cm³/mol. The van der Waals surface area contributed by atoms with Crippen LogP contribution in [0.15, 0.2) is 52.9 Å². The van der Waals surface area contributed by atoms with E-state index in [1.54, 1.807) is 17.6 Å². The van der Waals surface area contributed by atoms with E-state index < -0.39 is 10.0 Å². The van der Waals surface area contributed by atoms with Gasteiger partial charge in [-0.1, -0.05) is 30.3 Å². The molecule has 0 radical (unpaired) electrons. The van der Waals surface area contributed by atoms with Gasteiger partial charge in [0.2, 0.25) is 10.0 Å². The number of thiazole rings is 1. The number of sulfonamides is 1. The highest BCUT2D eigenvalue weighted by Crippen LogP contribution is 2.32. The zero-order valence-corrected chi connectivity index (χ0v) is 13.8. The first kappa shape index (κ1) is 14.8. The zero-order valence-electron chi connectivity index (χ0n) is 12.2. The van der Waals surface area contributed by atoms with Crippen molar-refractivity contribution in [1.29, 1.82) is 0 Å². The number of para-hydroxylation sites is 1. The van der Waals surface area contributed by atoms with Gasteiger partial charge in [0.15, 0.2) is 0 Å². The molecule has 5 nitrogen and oxygen atoms in total. The Bertz CT molecular complexity index is 982. The van der Waals surface area contributed by atoms with E-state index in [1.807, 2.05) is 30.3 Å². The largest absolute Gasteiger partial charge is 0.323 e. The minimum atomic E-state index is -3.64. The summed E-state index contributed by atoms with van der Waals surface area (Å²) in [5.74, 6) is 0. The molecule has 2 N–H and O–H groups in total. The summed E-state index contributed by atoms with van der Waals surface area (Å²) in [6, 6.07) is 12.7. The van der Waals surface area contributed by atoms with E-state index in [2.05, 4.69) is 4.98 Å². The summed E-state index contributed by atoms with van der Waals surface area (Å²) in [5, 5.41) is 0. The molecule has 1 aliphatic rings. The van der Waals surface area contributed by atoms with Gasteiger partial charge in [-0.2, -0.15) is 4.31 Å². The van der Waals surface area contributed by atoms with Crippen molar-refractivity contribution < 1.29 is 8.42 Å². The molecular formula is C16H15N3O2S2. The van der Waals surface area contributed by atoms with E-state index in [0.29, 0.717) is 12.1 Å². The molecule has 0 bridgehead atoms. The molecule has 0 saturated carbocycles. The van der Waals surface area contributed by atoms with Crippen LogP contribution < -0.4 is 5.73 Å². The first-order chi connectivity index (χ1) is 11.1. The maximum Gasteiger partial charge on any atom is 0.245 e. The molecule has 118 valence electrons. The topological polar surface area (TPSA) is 76.3 Å². The van der Waals surface area contributed by atoms with Crippen molar-refractivity contribution in [1.82, 2.24) is 9.29 Å². The summed E-state index contributed by atoms with van der Waals surface area (Å²) in [6.45, 7) is 0.618. The van der Waals surface area contributed by atoms with Crippen molar-refractivity contribution in [3.05, 3.63) is 59.1 Å². The molecule has 2 aromatic carbocycles. The van der Waals surface area contributed by atoms with Crippen LogP contribution in [0.5, 0.6) is 0 Å². The molecule has 0 amide bonds. The third-order valence-corrected chi connectivity index (χ3v) is 6.78. The molecule has 4 rings (SSSR count). The molecule has 0 fully saturated rings. The van der Waals surface area contributed by atoms with Gasteiger partial charge >= 0.3 is 0 Å².